The van der Waals surface area contributed by atoms with Crippen LogP contribution in [0.15, 0.2) is 48.7 Å². The molecule has 0 aliphatic carbocycles. The van der Waals surface area contributed by atoms with Crippen LogP contribution in [0, 0.1) is 5.82 Å². The number of hydrogen-bond donors (Lipinski definition) is 1. The fourth-order valence-corrected chi connectivity index (χ4v) is 4.73. The lowest BCUT2D eigenvalue weighted by molar-refractivity contribution is 0.413. The summed E-state index contributed by atoms with van der Waals surface area (Å²) in [5, 5.41) is 8.71. The van der Waals surface area contributed by atoms with Gasteiger partial charge in [0.25, 0.3) is 0 Å². The van der Waals surface area contributed by atoms with E-state index in [1.807, 2.05) is 0 Å². The second-order valence-electron chi connectivity index (χ2n) is 8.21. The Balaban J connectivity index is 1.62. The van der Waals surface area contributed by atoms with Crippen molar-refractivity contribution in [2.45, 2.75) is 32.6 Å². The smallest absolute Gasteiger partial charge is 0.136 e. The maximum Gasteiger partial charge on any atom is 0.136 e. The minimum absolute atomic E-state index is 0.346. The summed E-state index contributed by atoms with van der Waals surface area (Å²) in [4.78, 5) is 7.05. The average Bonchev–Trinajstić information content (AvgIpc) is 3.28. The Morgan fingerprint density at radius 3 is 2.53 bits per heavy atom. The molecule has 1 N–H and O–H groups in total. The summed E-state index contributed by atoms with van der Waals surface area (Å²) in [5.41, 5.74) is 5.93. The third kappa shape index (κ3) is 3.49. The van der Waals surface area contributed by atoms with E-state index < -0.39 is 0 Å². The molecule has 3 heterocycles. The molecule has 2 aromatic heterocycles. The molecule has 1 aliphatic heterocycles. The van der Waals surface area contributed by atoms with Crippen LogP contribution in [0.1, 0.15) is 31.7 Å². The van der Waals surface area contributed by atoms with Crippen molar-refractivity contribution in [2.75, 3.05) is 25.1 Å². The minimum atomic E-state index is -0.346. The minimum Gasteiger partial charge on any atom is -0.496 e. The third-order valence-electron chi connectivity index (χ3n) is 6.35. The molecule has 5 rings (SSSR count). The van der Waals surface area contributed by atoms with Crippen LogP contribution in [0.5, 0.6) is 5.75 Å². The molecule has 0 spiro atoms. The zero-order valence-electron chi connectivity index (χ0n) is 18.5. The number of H-pyrrole nitrogens is 1. The highest BCUT2D eigenvalue weighted by Gasteiger charge is 2.21. The Hall–Kier alpha value is -3.41. The number of fused-ring (bicyclic) bond motifs is 1. The average molecular weight is 431 g/mol. The standard InChI is InChI=1S/C26H27FN4O/c1-3-19-23-21(16-28-26(19)24-20(27)8-7-9-22(24)32-2)29-30-25(23)17-10-12-18(13-11-17)31-14-5-4-6-15-31/h7-13,16H,3-6,14-15H2,1-2H3,(H,29,30). The molecule has 0 unspecified atom stereocenters. The molecule has 1 saturated heterocycles. The number of benzene rings is 2. The molecule has 0 bridgehead atoms. The van der Waals surface area contributed by atoms with Gasteiger partial charge in [-0.25, -0.2) is 4.39 Å². The number of rotatable bonds is 5. The number of nitrogens with zero attached hydrogens (tertiary/aromatic N) is 3. The van der Waals surface area contributed by atoms with Gasteiger partial charge in [0.05, 0.1) is 30.1 Å². The number of anilines is 1. The zero-order valence-corrected chi connectivity index (χ0v) is 18.5. The second kappa shape index (κ2) is 8.61. The van der Waals surface area contributed by atoms with Gasteiger partial charge in [-0.3, -0.25) is 10.1 Å². The SMILES string of the molecule is CCc1c(-c2c(F)cccc2OC)ncc2[nH]nc(-c3ccc(N4CCCCC4)cc3)c12. The molecule has 0 amide bonds. The van der Waals surface area contributed by atoms with Crippen LogP contribution < -0.4 is 9.64 Å². The van der Waals surface area contributed by atoms with E-state index in [2.05, 4.69) is 51.3 Å². The first-order valence-electron chi connectivity index (χ1n) is 11.3. The van der Waals surface area contributed by atoms with Gasteiger partial charge in [-0.2, -0.15) is 5.10 Å². The molecule has 0 saturated carbocycles. The predicted molar refractivity (Wildman–Crippen MR) is 127 cm³/mol. The van der Waals surface area contributed by atoms with Gasteiger partial charge in [0.15, 0.2) is 0 Å². The van der Waals surface area contributed by atoms with Crippen LogP contribution >= 0.6 is 0 Å². The van der Waals surface area contributed by atoms with Gasteiger partial charge >= 0.3 is 0 Å². The maximum absolute atomic E-state index is 14.9. The van der Waals surface area contributed by atoms with Crippen molar-refractivity contribution in [2.24, 2.45) is 0 Å². The lowest BCUT2D eigenvalue weighted by Gasteiger charge is -2.28. The van der Waals surface area contributed by atoms with E-state index in [9.17, 15) is 4.39 Å². The van der Waals surface area contributed by atoms with Crippen molar-refractivity contribution in [3.05, 3.63) is 60.0 Å². The lowest BCUT2D eigenvalue weighted by Crippen LogP contribution is -2.29. The van der Waals surface area contributed by atoms with Crippen LogP contribution in [0.3, 0.4) is 0 Å². The van der Waals surface area contributed by atoms with Crippen molar-refractivity contribution in [1.29, 1.82) is 0 Å². The molecule has 6 heteroatoms. The molecule has 1 fully saturated rings. The summed E-state index contributed by atoms with van der Waals surface area (Å²) in [6.45, 7) is 4.29. The first kappa shape index (κ1) is 20.5. The van der Waals surface area contributed by atoms with Gasteiger partial charge in [-0.05, 0) is 55.5 Å². The Morgan fingerprint density at radius 2 is 1.81 bits per heavy atom. The summed E-state index contributed by atoms with van der Waals surface area (Å²) in [6, 6.07) is 13.5. The van der Waals surface area contributed by atoms with Gasteiger partial charge in [-0.15, -0.1) is 0 Å². The predicted octanol–water partition coefficient (Wildman–Crippen LogP) is 5.99. The fraction of sp³-hybridized carbons (Fsp3) is 0.308. The first-order chi connectivity index (χ1) is 15.7. The Labute approximate surface area is 187 Å². The number of ether oxygens (including phenoxy) is 1. The van der Waals surface area contributed by atoms with Crippen LogP contribution in [-0.2, 0) is 6.42 Å². The van der Waals surface area contributed by atoms with Gasteiger partial charge in [0, 0.05) is 29.7 Å². The molecular weight excluding hydrogens is 403 g/mol. The molecule has 32 heavy (non-hydrogen) atoms. The molecule has 0 atom stereocenters. The number of aromatic nitrogens is 3. The van der Waals surface area contributed by atoms with E-state index in [0.717, 1.165) is 40.8 Å². The van der Waals surface area contributed by atoms with E-state index in [1.165, 1.54) is 31.0 Å². The largest absolute Gasteiger partial charge is 0.496 e. The molecule has 5 nitrogen and oxygen atoms in total. The molecule has 4 aromatic rings. The van der Waals surface area contributed by atoms with Gasteiger partial charge in [0.1, 0.15) is 17.3 Å². The van der Waals surface area contributed by atoms with Crippen molar-refractivity contribution in [1.82, 2.24) is 15.2 Å². The molecule has 0 radical (unpaired) electrons. The van der Waals surface area contributed by atoms with Gasteiger partial charge in [-0.1, -0.05) is 25.1 Å². The number of pyridine rings is 1. The molecule has 2 aromatic carbocycles. The molecular formula is C26H27FN4O. The number of aromatic amines is 1. The van der Waals surface area contributed by atoms with Crippen molar-refractivity contribution >= 4 is 16.6 Å². The number of halogens is 1. The zero-order chi connectivity index (χ0) is 22.1. The summed E-state index contributed by atoms with van der Waals surface area (Å²) >= 11 is 0. The highest BCUT2D eigenvalue weighted by atomic mass is 19.1. The highest BCUT2D eigenvalue weighted by Crippen LogP contribution is 2.39. The Kier molecular flexibility index (Phi) is 5.52. The summed E-state index contributed by atoms with van der Waals surface area (Å²) in [5.74, 6) is 0.129. The number of nitrogens with one attached hydrogen (secondary N) is 1. The monoisotopic (exact) mass is 430 g/mol. The fourth-order valence-electron chi connectivity index (χ4n) is 4.73. The molecule has 164 valence electrons. The van der Waals surface area contributed by atoms with Crippen LogP contribution in [0.2, 0.25) is 0 Å². The van der Waals surface area contributed by atoms with Crippen molar-refractivity contribution in [3.8, 4) is 28.3 Å². The number of methoxy groups -OCH3 is 1. The highest BCUT2D eigenvalue weighted by molar-refractivity contribution is 5.98. The topological polar surface area (TPSA) is 54.0 Å². The van der Waals surface area contributed by atoms with E-state index in [1.54, 1.807) is 25.4 Å². The summed E-state index contributed by atoms with van der Waals surface area (Å²) in [6.07, 6.45) is 6.24. The van der Waals surface area contributed by atoms with Crippen LogP contribution in [-0.4, -0.2) is 35.4 Å². The van der Waals surface area contributed by atoms with Gasteiger partial charge in [0.2, 0.25) is 0 Å². The summed E-state index contributed by atoms with van der Waals surface area (Å²) < 4.78 is 20.3. The first-order valence-corrected chi connectivity index (χ1v) is 11.3. The number of piperidine rings is 1. The van der Waals surface area contributed by atoms with Crippen molar-refractivity contribution in [3.63, 3.8) is 0 Å². The van der Waals surface area contributed by atoms with Gasteiger partial charge < -0.3 is 9.64 Å². The van der Waals surface area contributed by atoms with E-state index in [0.29, 0.717) is 23.4 Å². The third-order valence-corrected chi connectivity index (χ3v) is 6.35. The Morgan fingerprint density at radius 1 is 1.03 bits per heavy atom. The van der Waals surface area contributed by atoms with Crippen LogP contribution in [0.25, 0.3) is 33.4 Å². The second-order valence-corrected chi connectivity index (χ2v) is 8.21. The van der Waals surface area contributed by atoms with Crippen molar-refractivity contribution < 1.29 is 9.13 Å². The summed E-state index contributed by atoms with van der Waals surface area (Å²) in [7, 11) is 1.55. The van der Waals surface area contributed by atoms with E-state index >= 15 is 0 Å². The van der Waals surface area contributed by atoms with E-state index in [-0.39, 0.29) is 5.82 Å². The quantitative estimate of drug-likeness (QED) is 0.422. The maximum atomic E-state index is 14.9. The normalized spacial score (nSPS) is 14.2. The van der Waals surface area contributed by atoms with E-state index in [4.69, 9.17) is 4.74 Å². The number of hydrogen-bond acceptors (Lipinski definition) is 4. The number of aryl methyl sites for hydroxylation is 1. The Bertz CT molecular complexity index is 1240. The molecule has 1 aliphatic rings. The van der Waals surface area contributed by atoms with Crippen LogP contribution in [0.4, 0.5) is 10.1 Å². The lowest BCUT2D eigenvalue weighted by atomic mass is 9.96.